The molecular weight excluding hydrogens is 292 g/mol. The van der Waals surface area contributed by atoms with Crippen molar-refractivity contribution < 1.29 is 5.11 Å². The Balaban J connectivity index is 2.08. The lowest BCUT2D eigenvalue weighted by Gasteiger charge is -2.37. The summed E-state index contributed by atoms with van der Waals surface area (Å²) < 4.78 is 1.13. The fourth-order valence-corrected chi connectivity index (χ4v) is 3.21. The SMILES string of the molecule is NCC(c1ccccc1Br)N1CCC(CO)CC1. The van der Waals surface area contributed by atoms with Crippen LogP contribution < -0.4 is 5.73 Å². The molecule has 1 aromatic carbocycles. The average molecular weight is 313 g/mol. The van der Waals surface area contributed by atoms with E-state index < -0.39 is 0 Å². The lowest BCUT2D eigenvalue weighted by molar-refractivity contribution is 0.102. The first-order valence-corrected chi connectivity index (χ1v) is 7.35. The second kappa shape index (κ2) is 6.66. The zero-order valence-corrected chi connectivity index (χ0v) is 12.1. The number of likely N-dealkylation sites (tertiary alicyclic amines) is 1. The summed E-state index contributed by atoms with van der Waals surface area (Å²) in [6.45, 7) is 2.99. The topological polar surface area (TPSA) is 49.5 Å². The molecule has 1 heterocycles. The third kappa shape index (κ3) is 3.12. The van der Waals surface area contributed by atoms with Gasteiger partial charge in [-0.1, -0.05) is 34.1 Å². The number of rotatable bonds is 4. The molecule has 4 heteroatoms. The summed E-state index contributed by atoms with van der Waals surface area (Å²) in [4.78, 5) is 2.44. The molecule has 0 aliphatic carbocycles. The molecule has 1 aromatic rings. The molecule has 1 saturated heterocycles. The van der Waals surface area contributed by atoms with E-state index in [1.807, 2.05) is 6.07 Å². The standard InChI is InChI=1S/C14H21BrN2O/c15-13-4-2-1-3-12(13)14(9-16)17-7-5-11(10-18)6-8-17/h1-4,11,14,18H,5-10,16H2. The van der Waals surface area contributed by atoms with Crippen LogP contribution in [-0.4, -0.2) is 36.2 Å². The third-order valence-corrected chi connectivity index (χ3v) is 4.56. The zero-order valence-electron chi connectivity index (χ0n) is 10.6. The van der Waals surface area contributed by atoms with Crippen LogP contribution >= 0.6 is 15.9 Å². The second-order valence-corrected chi connectivity index (χ2v) is 5.79. The minimum atomic E-state index is 0.278. The third-order valence-electron chi connectivity index (χ3n) is 3.84. The van der Waals surface area contributed by atoms with Crippen molar-refractivity contribution >= 4 is 15.9 Å². The maximum Gasteiger partial charge on any atom is 0.0481 e. The van der Waals surface area contributed by atoms with Crippen molar-refractivity contribution in [2.45, 2.75) is 18.9 Å². The van der Waals surface area contributed by atoms with Crippen LogP contribution in [0.4, 0.5) is 0 Å². The molecule has 0 aromatic heterocycles. The van der Waals surface area contributed by atoms with Crippen molar-refractivity contribution in [2.24, 2.45) is 11.7 Å². The summed E-state index contributed by atoms with van der Waals surface area (Å²) in [7, 11) is 0. The van der Waals surface area contributed by atoms with E-state index in [1.165, 1.54) is 5.56 Å². The number of piperidine rings is 1. The number of aliphatic hydroxyl groups excluding tert-OH is 1. The summed E-state index contributed by atoms with van der Waals surface area (Å²) in [5, 5.41) is 9.18. The summed E-state index contributed by atoms with van der Waals surface area (Å²) in [5.74, 6) is 0.471. The molecule has 0 amide bonds. The Morgan fingerprint density at radius 3 is 2.56 bits per heavy atom. The fourth-order valence-electron chi connectivity index (χ4n) is 2.67. The Bertz CT molecular complexity index is 378. The second-order valence-electron chi connectivity index (χ2n) is 4.93. The quantitative estimate of drug-likeness (QED) is 0.895. The highest BCUT2D eigenvalue weighted by Gasteiger charge is 2.25. The van der Waals surface area contributed by atoms with E-state index in [1.54, 1.807) is 0 Å². The van der Waals surface area contributed by atoms with E-state index in [0.29, 0.717) is 19.1 Å². The smallest absolute Gasteiger partial charge is 0.0481 e. The van der Waals surface area contributed by atoms with Crippen molar-refractivity contribution in [3.63, 3.8) is 0 Å². The van der Waals surface area contributed by atoms with Gasteiger partial charge in [0.25, 0.3) is 0 Å². The highest BCUT2D eigenvalue weighted by molar-refractivity contribution is 9.10. The van der Waals surface area contributed by atoms with Crippen LogP contribution in [0.2, 0.25) is 0 Å². The van der Waals surface area contributed by atoms with Gasteiger partial charge in [0.1, 0.15) is 0 Å². The molecule has 1 aliphatic heterocycles. The summed E-state index contributed by atoms with van der Waals surface area (Å²) in [5.41, 5.74) is 7.23. The Morgan fingerprint density at radius 2 is 2.00 bits per heavy atom. The number of halogens is 1. The van der Waals surface area contributed by atoms with Crippen LogP contribution in [0.15, 0.2) is 28.7 Å². The molecule has 100 valence electrons. The molecule has 0 spiro atoms. The summed E-state index contributed by atoms with van der Waals surface area (Å²) in [6.07, 6.45) is 2.13. The molecule has 0 bridgehead atoms. The van der Waals surface area contributed by atoms with Crippen LogP contribution in [0.25, 0.3) is 0 Å². The molecule has 1 aliphatic rings. The number of hydrogen-bond donors (Lipinski definition) is 2. The van der Waals surface area contributed by atoms with Gasteiger partial charge in [0, 0.05) is 23.7 Å². The first-order valence-electron chi connectivity index (χ1n) is 6.55. The first kappa shape index (κ1) is 14.0. The summed E-state index contributed by atoms with van der Waals surface area (Å²) in [6, 6.07) is 8.57. The Morgan fingerprint density at radius 1 is 1.33 bits per heavy atom. The number of nitrogens with zero attached hydrogens (tertiary/aromatic N) is 1. The zero-order chi connectivity index (χ0) is 13.0. The maximum atomic E-state index is 9.18. The highest BCUT2D eigenvalue weighted by Crippen LogP contribution is 2.30. The normalized spacial score (nSPS) is 19.9. The predicted octanol–water partition coefficient (Wildman–Crippen LogP) is 2.15. The van der Waals surface area contributed by atoms with Gasteiger partial charge < -0.3 is 10.8 Å². The number of nitrogens with two attached hydrogens (primary N) is 1. The van der Waals surface area contributed by atoms with Crippen molar-refractivity contribution in [3.05, 3.63) is 34.3 Å². The van der Waals surface area contributed by atoms with Crippen molar-refractivity contribution in [2.75, 3.05) is 26.2 Å². The van der Waals surface area contributed by atoms with Gasteiger partial charge in [-0.05, 0) is 43.5 Å². The lowest BCUT2D eigenvalue weighted by atomic mass is 9.95. The fraction of sp³-hybridized carbons (Fsp3) is 0.571. The molecule has 18 heavy (non-hydrogen) atoms. The van der Waals surface area contributed by atoms with E-state index in [0.717, 1.165) is 30.4 Å². The van der Waals surface area contributed by atoms with E-state index in [-0.39, 0.29) is 6.04 Å². The number of aliphatic hydroxyl groups is 1. The summed E-state index contributed by atoms with van der Waals surface area (Å²) >= 11 is 3.61. The Hall–Kier alpha value is -0.420. The van der Waals surface area contributed by atoms with Crippen LogP contribution in [0.3, 0.4) is 0 Å². The average Bonchev–Trinajstić information content (AvgIpc) is 2.42. The van der Waals surface area contributed by atoms with Crippen molar-refractivity contribution in [3.8, 4) is 0 Å². The monoisotopic (exact) mass is 312 g/mol. The van der Waals surface area contributed by atoms with Gasteiger partial charge >= 0.3 is 0 Å². The largest absolute Gasteiger partial charge is 0.396 e. The lowest BCUT2D eigenvalue weighted by Crippen LogP contribution is -2.40. The van der Waals surface area contributed by atoms with Crippen LogP contribution in [0.1, 0.15) is 24.4 Å². The molecule has 0 saturated carbocycles. The van der Waals surface area contributed by atoms with Crippen LogP contribution in [0.5, 0.6) is 0 Å². The van der Waals surface area contributed by atoms with Crippen LogP contribution in [0, 0.1) is 5.92 Å². The molecule has 1 atom stereocenters. The molecule has 1 fully saturated rings. The van der Waals surface area contributed by atoms with Gasteiger partial charge in [-0.2, -0.15) is 0 Å². The first-order chi connectivity index (χ1) is 8.76. The predicted molar refractivity (Wildman–Crippen MR) is 77.3 cm³/mol. The highest BCUT2D eigenvalue weighted by atomic mass is 79.9. The Labute approximate surface area is 117 Å². The van der Waals surface area contributed by atoms with Gasteiger partial charge in [-0.25, -0.2) is 0 Å². The van der Waals surface area contributed by atoms with Crippen LogP contribution in [-0.2, 0) is 0 Å². The maximum absolute atomic E-state index is 9.18. The minimum Gasteiger partial charge on any atom is -0.396 e. The molecule has 0 radical (unpaired) electrons. The van der Waals surface area contributed by atoms with Crippen molar-refractivity contribution in [1.82, 2.24) is 4.90 Å². The van der Waals surface area contributed by atoms with E-state index >= 15 is 0 Å². The minimum absolute atomic E-state index is 0.278. The van der Waals surface area contributed by atoms with E-state index in [4.69, 9.17) is 5.73 Å². The van der Waals surface area contributed by atoms with Gasteiger partial charge in [0.2, 0.25) is 0 Å². The van der Waals surface area contributed by atoms with Gasteiger partial charge in [-0.15, -0.1) is 0 Å². The number of benzene rings is 1. The van der Waals surface area contributed by atoms with E-state index in [2.05, 4.69) is 39.0 Å². The number of hydrogen-bond acceptors (Lipinski definition) is 3. The van der Waals surface area contributed by atoms with Crippen molar-refractivity contribution in [1.29, 1.82) is 0 Å². The molecule has 2 rings (SSSR count). The molecule has 3 N–H and O–H groups in total. The van der Waals surface area contributed by atoms with Gasteiger partial charge in [-0.3, -0.25) is 4.90 Å². The Kier molecular flexibility index (Phi) is 5.18. The van der Waals surface area contributed by atoms with E-state index in [9.17, 15) is 5.11 Å². The molecule has 1 unspecified atom stereocenters. The molecule has 3 nitrogen and oxygen atoms in total. The molecular formula is C14H21BrN2O. The van der Waals surface area contributed by atoms with Gasteiger partial charge in [0.15, 0.2) is 0 Å². The van der Waals surface area contributed by atoms with Gasteiger partial charge in [0.05, 0.1) is 0 Å².